The van der Waals surface area contributed by atoms with Crippen LogP contribution >= 0.6 is 22.9 Å². The second-order valence-electron chi connectivity index (χ2n) is 7.40. The smallest absolute Gasteiger partial charge is 0.317 e. The van der Waals surface area contributed by atoms with Crippen molar-refractivity contribution in [3.05, 3.63) is 56.7 Å². The van der Waals surface area contributed by atoms with Crippen LogP contribution in [0.3, 0.4) is 0 Å². The number of fused-ring (bicyclic) bond motifs is 1. The van der Waals surface area contributed by atoms with Gasteiger partial charge >= 0.3 is 6.03 Å². The van der Waals surface area contributed by atoms with Gasteiger partial charge in [-0.25, -0.2) is 4.79 Å². The summed E-state index contributed by atoms with van der Waals surface area (Å²) < 4.78 is 5.40. The molecule has 0 saturated heterocycles. The quantitative estimate of drug-likeness (QED) is 0.563. The predicted octanol–water partition coefficient (Wildman–Crippen LogP) is 4.33. The molecule has 0 bridgehead atoms. The lowest BCUT2D eigenvalue weighted by Crippen LogP contribution is -2.49. The van der Waals surface area contributed by atoms with Crippen molar-refractivity contribution in [1.29, 1.82) is 0 Å². The molecule has 0 fully saturated rings. The zero-order chi connectivity index (χ0) is 22.2. The van der Waals surface area contributed by atoms with E-state index in [1.54, 1.807) is 16.2 Å². The number of rotatable bonds is 9. The summed E-state index contributed by atoms with van der Waals surface area (Å²) in [4.78, 5) is 30.8. The summed E-state index contributed by atoms with van der Waals surface area (Å²) in [7, 11) is 0. The molecule has 0 saturated carbocycles. The van der Waals surface area contributed by atoms with E-state index >= 15 is 0 Å². The minimum absolute atomic E-state index is 0.0432. The Morgan fingerprint density at radius 2 is 2.03 bits per heavy atom. The number of hydrogen-bond donors (Lipinski definition) is 1. The first-order chi connectivity index (χ1) is 15.0. The zero-order valence-electron chi connectivity index (χ0n) is 18.1. The van der Waals surface area contributed by atoms with E-state index in [1.807, 2.05) is 43.0 Å². The van der Waals surface area contributed by atoms with Gasteiger partial charge in [0.25, 0.3) is 0 Å². The van der Waals surface area contributed by atoms with Gasteiger partial charge in [-0.3, -0.25) is 4.79 Å². The Morgan fingerprint density at radius 1 is 1.26 bits per heavy atom. The topological polar surface area (TPSA) is 61.9 Å². The number of halogens is 1. The number of nitrogens with zero attached hydrogens (tertiary/aromatic N) is 2. The second kappa shape index (κ2) is 11.5. The van der Waals surface area contributed by atoms with Gasteiger partial charge in [0.05, 0.1) is 6.04 Å². The van der Waals surface area contributed by atoms with Gasteiger partial charge in [-0.05, 0) is 61.4 Å². The van der Waals surface area contributed by atoms with Crippen molar-refractivity contribution in [1.82, 2.24) is 15.1 Å². The van der Waals surface area contributed by atoms with Gasteiger partial charge in [-0.15, -0.1) is 11.3 Å². The van der Waals surface area contributed by atoms with Crippen molar-refractivity contribution in [2.24, 2.45) is 0 Å². The molecule has 2 heterocycles. The molecule has 1 unspecified atom stereocenters. The molecule has 0 aliphatic carbocycles. The van der Waals surface area contributed by atoms with Crippen molar-refractivity contribution < 1.29 is 14.3 Å². The van der Waals surface area contributed by atoms with Crippen LogP contribution in [0.2, 0.25) is 5.02 Å². The van der Waals surface area contributed by atoms with Crippen LogP contribution in [0.25, 0.3) is 0 Å². The monoisotopic (exact) mass is 463 g/mol. The van der Waals surface area contributed by atoms with Crippen LogP contribution in [0.4, 0.5) is 4.79 Å². The van der Waals surface area contributed by atoms with Crippen LogP contribution < -0.4 is 5.32 Å². The Balaban J connectivity index is 1.79. The maximum absolute atomic E-state index is 13.4. The number of benzene rings is 1. The van der Waals surface area contributed by atoms with Crippen molar-refractivity contribution >= 4 is 34.9 Å². The van der Waals surface area contributed by atoms with Gasteiger partial charge in [-0.2, -0.15) is 0 Å². The Kier molecular flexibility index (Phi) is 8.75. The van der Waals surface area contributed by atoms with Crippen LogP contribution in [-0.4, -0.2) is 61.1 Å². The number of carbonyl (C=O) groups excluding carboxylic acids is 2. The average molecular weight is 464 g/mol. The highest BCUT2D eigenvalue weighted by atomic mass is 35.5. The van der Waals surface area contributed by atoms with Crippen LogP contribution in [-0.2, 0) is 16.0 Å². The molecular formula is C23H30ClN3O3S. The number of thiophene rings is 1. The first kappa shape index (κ1) is 23.6. The van der Waals surface area contributed by atoms with Crippen LogP contribution in [0, 0.1) is 0 Å². The number of ether oxygens (including phenoxy) is 1. The predicted molar refractivity (Wildman–Crippen MR) is 125 cm³/mol. The first-order valence-corrected chi connectivity index (χ1v) is 12.0. The van der Waals surface area contributed by atoms with E-state index in [2.05, 4.69) is 16.8 Å². The highest BCUT2D eigenvalue weighted by Crippen LogP contribution is 2.38. The molecule has 2 aromatic rings. The minimum atomic E-state index is -0.219. The summed E-state index contributed by atoms with van der Waals surface area (Å²) in [5.41, 5.74) is 2.19. The number of amides is 3. The molecule has 168 valence electrons. The summed E-state index contributed by atoms with van der Waals surface area (Å²) in [6, 6.07) is 9.38. The summed E-state index contributed by atoms with van der Waals surface area (Å²) in [5, 5.41) is 5.56. The maximum atomic E-state index is 13.4. The van der Waals surface area contributed by atoms with E-state index in [9.17, 15) is 9.59 Å². The highest BCUT2D eigenvalue weighted by Gasteiger charge is 2.33. The van der Waals surface area contributed by atoms with Crippen molar-refractivity contribution in [3.8, 4) is 0 Å². The summed E-state index contributed by atoms with van der Waals surface area (Å²) in [5.74, 6) is -0.0561. The van der Waals surface area contributed by atoms with Gasteiger partial charge in [0.2, 0.25) is 5.91 Å². The molecule has 31 heavy (non-hydrogen) atoms. The maximum Gasteiger partial charge on any atom is 0.317 e. The SMILES string of the molecule is CCNC(=O)N(CCCOCC)CC(=O)N1CCc2sccc2C1c1ccc(Cl)cc1. The molecule has 0 radical (unpaired) electrons. The third-order valence-corrected chi connectivity index (χ3v) is 6.58. The Hall–Kier alpha value is -2.09. The van der Waals surface area contributed by atoms with E-state index in [-0.39, 0.29) is 24.5 Å². The molecule has 1 atom stereocenters. The number of hydrogen-bond acceptors (Lipinski definition) is 4. The molecule has 0 spiro atoms. The molecular weight excluding hydrogens is 434 g/mol. The van der Waals surface area contributed by atoms with Gasteiger partial charge < -0.3 is 19.9 Å². The molecule has 8 heteroatoms. The van der Waals surface area contributed by atoms with Crippen molar-refractivity contribution in [3.63, 3.8) is 0 Å². The number of urea groups is 1. The lowest BCUT2D eigenvalue weighted by Gasteiger charge is -2.37. The van der Waals surface area contributed by atoms with Crippen molar-refractivity contribution in [2.45, 2.75) is 32.7 Å². The fourth-order valence-electron chi connectivity index (χ4n) is 3.86. The fraction of sp³-hybridized carbons (Fsp3) is 0.478. The normalized spacial score (nSPS) is 15.5. The van der Waals surface area contributed by atoms with Gasteiger partial charge in [-0.1, -0.05) is 23.7 Å². The van der Waals surface area contributed by atoms with Gasteiger partial charge in [0.1, 0.15) is 6.54 Å². The van der Waals surface area contributed by atoms with Crippen LogP contribution in [0.1, 0.15) is 42.3 Å². The number of carbonyl (C=O) groups is 2. The third-order valence-electron chi connectivity index (χ3n) is 5.33. The first-order valence-electron chi connectivity index (χ1n) is 10.8. The van der Waals surface area contributed by atoms with Crippen LogP contribution in [0.15, 0.2) is 35.7 Å². The number of nitrogens with one attached hydrogen (secondary N) is 1. The van der Waals surface area contributed by atoms with E-state index in [0.29, 0.717) is 44.3 Å². The van der Waals surface area contributed by atoms with E-state index in [0.717, 1.165) is 17.5 Å². The lowest BCUT2D eigenvalue weighted by atomic mass is 9.93. The summed E-state index contributed by atoms with van der Waals surface area (Å²) in [6.45, 7) is 6.68. The lowest BCUT2D eigenvalue weighted by molar-refractivity contribution is -0.134. The second-order valence-corrected chi connectivity index (χ2v) is 8.83. The molecule has 1 aliphatic heterocycles. The third kappa shape index (κ3) is 5.99. The Morgan fingerprint density at radius 3 is 2.74 bits per heavy atom. The molecule has 3 amide bonds. The molecule has 1 aliphatic rings. The van der Waals surface area contributed by atoms with E-state index in [4.69, 9.17) is 16.3 Å². The highest BCUT2D eigenvalue weighted by molar-refractivity contribution is 7.10. The molecule has 6 nitrogen and oxygen atoms in total. The Labute approximate surface area is 193 Å². The molecule has 1 N–H and O–H groups in total. The average Bonchev–Trinajstić information content (AvgIpc) is 3.25. The van der Waals surface area contributed by atoms with E-state index in [1.165, 1.54) is 4.88 Å². The van der Waals surface area contributed by atoms with E-state index < -0.39 is 0 Å². The molecule has 3 rings (SSSR count). The summed E-state index contributed by atoms with van der Waals surface area (Å²) >= 11 is 7.82. The Bertz CT molecular complexity index is 871. The molecule has 1 aromatic heterocycles. The standard InChI is InChI=1S/C23H30ClN3O3S/c1-3-25-23(29)26(12-5-14-30-4-2)16-21(28)27-13-10-20-19(11-15-31-20)22(27)17-6-8-18(24)9-7-17/h6-9,11,15,22H,3-5,10,12-14,16H2,1-2H3,(H,25,29). The largest absolute Gasteiger partial charge is 0.382 e. The summed E-state index contributed by atoms with van der Waals surface area (Å²) in [6.07, 6.45) is 1.52. The van der Waals surface area contributed by atoms with Gasteiger partial charge in [0, 0.05) is 42.7 Å². The fourth-order valence-corrected chi connectivity index (χ4v) is 4.89. The molecule has 1 aromatic carbocycles. The van der Waals surface area contributed by atoms with Crippen molar-refractivity contribution in [2.75, 3.05) is 39.4 Å². The van der Waals surface area contributed by atoms with Crippen LogP contribution in [0.5, 0.6) is 0 Å². The van der Waals surface area contributed by atoms with Gasteiger partial charge in [0.15, 0.2) is 0 Å². The minimum Gasteiger partial charge on any atom is -0.382 e. The zero-order valence-corrected chi connectivity index (χ0v) is 19.7.